The SMILES string of the molecule is CCOC(=O)C=C(C)c1nc(C)cc(C)n1. The van der Waals surface area contributed by atoms with Crippen molar-refractivity contribution in [1.29, 1.82) is 0 Å². The number of hydrogen-bond donors (Lipinski definition) is 0. The van der Waals surface area contributed by atoms with Crippen molar-refractivity contribution >= 4 is 11.5 Å². The minimum Gasteiger partial charge on any atom is -0.463 e. The second kappa shape index (κ2) is 5.39. The van der Waals surface area contributed by atoms with Crippen molar-refractivity contribution in [2.24, 2.45) is 0 Å². The molecule has 1 heterocycles. The number of esters is 1. The second-order valence-corrected chi connectivity index (χ2v) is 3.55. The lowest BCUT2D eigenvalue weighted by Crippen LogP contribution is -2.02. The number of allylic oxidation sites excluding steroid dienone is 1. The Hall–Kier alpha value is -1.71. The van der Waals surface area contributed by atoms with Gasteiger partial charge in [-0.3, -0.25) is 0 Å². The Balaban J connectivity index is 2.95. The monoisotopic (exact) mass is 220 g/mol. The van der Waals surface area contributed by atoms with Crippen LogP contribution in [0.15, 0.2) is 12.1 Å². The van der Waals surface area contributed by atoms with E-state index in [2.05, 4.69) is 9.97 Å². The Kier molecular flexibility index (Phi) is 4.17. The van der Waals surface area contributed by atoms with Crippen molar-refractivity contribution < 1.29 is 9.53 Å². The molecule has 0 N–H and O–H groups in total. The van der Waals surface area contributed by atoms with E-state index >= 15 is 0 Å². The molecule has 1 aromatic rings. The number of carbonyl (C=O) groups is 1. The van der Waals surface area contributed by atoms with Crippen LogP contribution < -0.4 is 0 Å². The van der Waals surface area contributed by atoms with E-state index in [-0.39, 0.29) is 5.97 Å². The largest absolute Gasteiger partial charge is 0.463 e. The zero-order valence-electron chi connectivity index (χ0n) is 10.1. The van der Waals surface area contributed by atoms with Gasteiger partial charge in [-0.05, 0) is 33.8 Å². The fraction of sp³-hybridized carbons (Fsp3) is 0.417. The molecule has 0 radical (unpaired) electrons. The highest BCUT2D eigenvalue weighted by molar-refractivity contribution is 5.89. The van der Waals surface area contributed by atoms with Crippen molar-refractivity contribution in [3.05, 3.63) is 29.4 Å². The van der Waals surface area contributed by atoms with E-state index in [4.69, 9.17) is 4.74 Å². The van der Waals surface area contributed by atoms with E-state index in [1.54, 1.807) is 13.8 Å². The molecular formula is C12H16N2O2. The summed E-state index contributed by atoms with van der Waals surface area (Å²) in [5.74, 6) is 0.216. The molecule has 0 spiro atoms. The van der Waals surface area contributed by atoms with Crippen LogP contribution in [0, 0.1) is 13.8 Å². The number of rotatable bonds is 3. The molecule has 0 bridgehead atoms. The summed E-state index contributed by atoms with van der Waals surface area (Å²) < 4.78 is 4.82. The van der Waals surface area contributed by atoms with Gasteiger partial charge in [-0.25, -0.2) is 14.8 Å². The van der Waals surface area contributed by atoms with Crippen LogP contribution in [-0.2, 0) is 9.53 Å². The minimum atomic E-state index is -0.359. The molecular weight excluding hydrogens is 204 g/mol. The average Bonchev–Trinajstić information content (AvgIpc) is 2.16. The van der Waals surface area contributed by atoms with Crippen LogP contribution in [0.3, 0.4) is 0 Å². The van der Waals surface area contributed by atoms with Crippen molar-refractivity contribution in [3.8, 4) is 0 Å². The molecule has 0 saturated heterocycles. The second-order valence-electron chi connectivity index (χ2n) is 3.55. The molecule has 1 rings (SSSR count). The Morgan fingerprint density at radius 3 is 2.44 bits per heavy atom. The summed E-state index contributed by atoms with van der Waals surface area (Å²) in [7, 11) is 0. The van der Waals surface area contributed by atoms with Crippen molar-refractivity contribution in [3.63, 3.8) is 0 Å². The molecule has 0 aliphatic heterocycles. The Morgan fingerprint density at radius 2 is 1.94 bits per heavy atom. The average molecular weight is 220 g/mol. The van der Waals surface area contributed by atoms with Gasteiger partial charge in [-0.2, -0.15) is 0 Å². The van der Waals surface area contributed by atoms with Gasteiger partial charge in [-0.15, -0.1) is 0 Å². The minimum absolute atomic E-state index is 0.359. The maximum absolute atomic E-state index is 11.2. The first-order valence-corrected chi connectivity index (χ1v) is 5.20. The summed E-state index contributed by atoms with van der Waals surface area (Å²) >= 11 is 0. The quantitative estimate of drug-likeness (QED) is 0.578. The number of carbonyl (C=O) groups excluding carboxylic acids is 1. The lowest BCUT2D eigenvalue weighted by molar-refractivity contribution is -0.137. The van der Waals surface area contributed by atoms with E-state index in [1.807, 2.05) is 19.9 Å². The van der Waals surface area contributed by atoms with Crippen LogP contribution in [0.25, 0.3) is 5.57 Å². The fourth-order valence-electron chi connectivity index (χ4n) is 1.33. The highest BCUT2D eigenvalue weighted by atomic mass is 16.5. The highest BCUT2D eigenvalue weighted by Crippen LogP contribution is 2.10. The number of hydrogen-bond acceptors (Lipinski definition) is 4. The maximum atomic E-state index is 11.2. The summed E-state index contributed by atoms with van der Waals surface area (Å²) in [6.07, 6.45) is 1.41. The zero-order chi connectivity index (χ0) is 12.1. The summed E-state index contributed by atoms with van der Waals surface area (Å²) in [4.78, 5) is 19.8. The maximum Gasteiger partial charge on any atom is 0.331 e. The van der Waals surface area contributed by atoms with Gasteiger partial charge in [0.2, 0.25) is 0 Å². The third kappa shape index (κ3) is 3.46. The molecule has 16 heavy (non-hydrogen) atoms. The van der Waals surface area contributed by atoms with Gasteiger partial charge in [0.1, 0.15) is 0 Å². The van der Waals surface area contributed by atoms with Crippen LogP contribution in [-0.4, -0.2) is 22.5 Å². The van der Waals surface area contributed by atoms with Crippen molar-refractivity contribution in [1.82, 2.24) is 9.97 Å². The molecule has 86 valence electrons. The van der Waals surface area contributed by atoms with Crippen molar-refractivity contribution in [2.45, 2.75) is 27.7 Å². The first-order chi connectivity index (χ1) is 7.52. The molecule has 0 amide bonds. The molecule has 0 aromatic carbocycles. The summed E-state index contributed by atoms with van der Waals surface area (Å²) in [5.41, 5.74) is 2.49. The smallest absolute Gasteiger partial charge is 0.331 e. The molecule has 1 aromatic heterocycles. The van der Waals surface area contributed by atoms with Gasteiger partial charge in [0.05, 0.1) is 6.61 Å². The molecule has 4 heteroatoms. The number of aromatic nitrogens is 2. The molecule has 0 aliphatic rings. The van der Waals surface area contributed by atoms with E-state index in [0.717, 1.165) is 11.4 Å². The molecule has 0 fully saturated rings. The first kappa shape index (κ1) is 12.4. The molecule has 0 saturated carbocycles. The van der Waals surface area contributed by atoms with Gasteiger partial charge in [0.15, 0.2) is 5.82 Å². The lowest BCUT2D eigenvalue weighted by atomic mass is 10.2. The molecule has 0 aliphatic carbocycles. The third-order valence-corrected chi connectivity index (χ3v) is 1.96. The third-order valence-electron chi connectivity index (χ3n) is 1.96. The number of aryl methyl sites for hydroxylation is 2. The summed E-state index contributed by atoms with van der Waals surface area (Å²) in [6.45, 7) is 7.74. The van der Waals surface area contributed by atoms with Gasteiger partial charge >= 0.3 is 5.97 Å². The predicted molar refractivity (Wildman–Crippen MR) is 61.8 cm³/mol. The first-order valence-electron chi connectivity index (χ1n) is 5.20. The van der Waals surface area contributed by atoms with E-state index in [0.29, 0.717) is 18.0 Å². The summed E-state index contributed by atoms with van der Waals surface area (Å²) in [5, 5.41) is 0. The van der Waals surface area contributed by atoms with Crippen LogP contribution in [0.1, 0.15) is 31.1 Å². The van der Waals surface area contributed by atoms with Crippen LogP contribution >= 0.6 is 0 Å². The van der Waals surface area contributed by atoms with Gasteiger partial charge in [0, 0.05) is 23.0 Å². The van der Waals surface area contributed by atoms with Gasteiger partial charge in [-0.1, -0.05) is 0 Å². The predicted octanol–water partition coefficient (Wildman–Crippen LogP) is 2.06. The molecule has 4 nitrogen and oxygen atoms in total. The number of ether oxygens (including phenoxy) is 1. The van der Waals surface area contributed by atoms with E-state index in [1.165, 1.54) is 6.08 Å². The fourth-order valence-corrected chi connectivity index (χ4v) is 1.33. The standard InChI is InChI=1S/C12H16N2O2/c1-5-16-11(15)6-8(2)12-13-9(3)7-10(4)14-12/h6-7H,5H2,1-4H3. The topological polar surface area (TPSA) is 52.1 Å². The lowest BCUT2D eigenvalue weighted by Gasteiger charge is -2.03. The number of nitrogens with zero attached hydrogens (tertiary/aromatic N) is 2. The van der Waals surface area contributed by atoms with Crippen LogP contribution in [0.2, 0.25) is 0 Å². The Labute approximate surface area is 95.4 Å². The highest BCUT2D eigenvalue weighted by Gasteiger charge is 2.04. The Bertz CT molecular complexity index is 405. The van der Waals surface area contributed by atoms with E-state index in [9.17, 15) is 4.79 Å². The van der Waals surface area contributed by atoms with Gasteiger partial charge < -0.3 is 4.74 Å². The summed E-state index contributed by atoms with van der Waals surface area (Å²) in [6, 6.07) is 1.89. The normalized spacial score (nSPS) is 11.4. The van der Waals surface area contributed by atoms with Crippen LogP contribution in [0.5, 0.6) is 0 Å². The van der Waals surface area contributed by atoms with Crippen LogP contribution in [0.4, 0.5) is 0 Å². The van der Waals surface area contributed by atoms with Gasteiger partial charge in [0.25, 0.3) is 0 Å². The van der Waals surface area contributed by atoms with Crippen molar-refractivity contribution in [2.75, 3.05) is 6.61 Å². The molecule has 0 unspecified atom stereocenters. The Morgan fingerprint density at radius 1 is 1.38 bits per heavy atom. The zero-order valence-corrected chi connectivity index (χ0v) is 10.1. The van der Waals surface area contributed by atoms with E-state index < -0.39 is 0 Å². The molecule has 0 atom stereocenters.